The maximum absolute atomic E-state index is 11.4. The Kier molecular flexibility index (Phi) is 1.88. The summed E-state index contributed by atoms with van der Waals surface area (Å²) < 4.78 is 0. The van der Waals surface area contributed by atoms with Crippen molar-refractivity contribution in [2.24, 2.45) is 0 Å². The van der Waals surface area contributed by atoms with Crippen molar-refractivity contribution >= 4 is 17.4 Å². The number of Topliss-reactive ketones (excluding diaryl/α,β-unsaturated/α-hetero) is 1. The van der Waals surface area contributed by atoms with Crippen LogP contribution in [0.4, 0.5) is 5.69 Å². The molecular formula is C11H11NO2. The first-order chi connectivity index (χ1) is 6.59. The van der Waals surface area contributed by atoms with Gasteiger partial charge in [0.05, 0.1) is 11.3 Å². The Morgan fingerprint density at radius 3 is 2.57 bits per heavy atom. The van der Waals surface area contributed by atoms with Crippen LogP contribution in [0, 0.1) is 0 Å². The zero-order valence-electron chi connectivity index (χ0n) is 8.13. The lowest BCUT2D eigenvalue weighted by Gasteiger charge is -2.05. The highest BCUT2D eigenvalue weighted by molar-refractivity contribution is 6.51. The Labute approximate surface area is 82.1 Å². The van der Waals surface area contributed by atoms with Crippen LogP contribution in [-0.2, 0) is 4.79 Å². The molecule has 1 amide bonds. The summed E-state index contributed by atoms with van der Waals surface area (Å²) in [5, 5.41) is 2.52. The van der Waals surface area contributed by atoms with E-state index < -0.39 is 11.7 Å². The molecule has 1 aliphatic rings. The van der Waals surface area contributed by atoms with Gasteiger partial charge >= 0.3 is 0 Å². The second-order valence-electron chi connectivity index (χ2n) is 3.74. The number of carbonyl (C=O) groups is 2. The third-order valence-corrected chi connectivity index (χ3v) is 2.41. The predicted molar refractivity (Wildman–Crippen MR) is 53.5 cm³/mol. The van der Waals surface area contributed by atoms with Gasteiger partial charge in [-0.1, -0.05) is 19.9 Å². The molecule has 1 aliphatic heterocycles. The quantitative estimate of drug-likeness (QED) is 0.686. The van der Waals surface area contributed by atoms with E-state index in [4.69, 9.17) is 0 Å². The summed E-state index contributed by atoms with van der Waals surface area (Å²) in [6.07, 6.45) is 0. The lowest BCUT2D eigenvalue weighted by molar-refractivity contribution is -0.112. The molecule has 0 bridgehead atoms. The molecule has 1 N–H and O–H groups in total. The Balaban J connectivity index is 2.51. The maximum Gasteiger partial charge on any atom is 0.296 e. The highest BCUT2D eigenvalue weighted by atomic mass is 16.2. The molecule has 0 radical (unpaired) electrons. The van der Waals surface area contributed by atoms with Gasteiger partial charge in [0, 0.05) is 0 Å². The van der Waals surface area contributed by atoms with Crippen molar-refractivity contribution in [1.82, 2.24) is 0 Å². The SMILES string of the molecule is CC(C)c1ccc2c(c1)C(=O)C(=O)N2. The first-order valence-corrected chi connectivity index (χ1v) is 4.59. The van der Waals surface area contributed by atoms with Crippen molar-refractivity contribution in [1.29, 1.82) is 0 Å². The minimum atomic E-state index is -0.527. The molecule has 3 heteroatoms. The molecule has 1 heterocycles. The summed E-state index contributed by atoms with van der Waals surface area (Å²) in [6.45, 7) is 4.10. The van der Waals surface area contributed by atoms with Gasteiger partial charge in [0.1, 0.15) is 0 Å². The van der Waals surface area contributed by atoms with Crippen molar-refractivity contribution < 1.29 is 9.59 Å². The number of rotatable bonds is 1. The molecule has 0 aromatic heterocycles. The van der Waals surface area contributed by atoms with E-state index in [0.717, 1.165) is 5.56 Å². The summed E-state index contributed by atoms with van der Waals surface area (Å²) in [7, 11) is 0. The topological polar surface area (TPSA) is 46.2 Å². The molecule has 0 fully saturated rings. The van der Waals surface area contributed by atoms with Gasteiger partial charge in [-0.2, -0.15) is 0 Å². The number of carbonyl (C=O) groups excluding carboxylic acids is 2. The monoisotopic (exact) mass is 189 g/mol. The van der Waals surface area contributed by atoms with Crippen molar-refractivity contribution in [3.05, 3.63) is 29.3 Å². The summed E-state index contributed by atoms with van der Waals surface area (Å²) in [5.74, 6) is -0.591. The van der Waals surface area contributed by atoms with E-state index in [2.05, 4.69) is 19.2 Å². The van der Waals surface area contributed by atoms with Gasteiger partial charge in [-0.3, -0.25) is 9.59 Å². The maximum atomic E-state index is 11.4. The first kappa shape index (κ1) is 8.94. The van der Waals surface area contributed by atoms with Gasteiger partial charge in [-0.25, -0.2) is 0 Å². The number of nitrogens with one attached hydrogen (secondary N) is 1. The third-order valence-electron chi connectivity index (χ3n) is 2.41. The van der Waals surface area contributed by atoms with E-state index >= 15 is 0 Å². The number of hydrogen-bond acceptors (Lipinski definition) is 2. The van der Waals surface area contributed by atoms with Crippen molar-refractivity contribution in [2.45, 2.75) is 19.8 Å². The summed E-state index contributed by atoms with van der Waals surface area (Å²) in [6, 6.07) is 5.51. The van der Waals surface area contributed by atoms with Gasteiger partial charge in [-0.15, -0.1) is 0 Å². The summed E-state index contributed by atoms with van der Waals surface area (Å²) in [5.41, 5.74) is 2.21. The number of ketones is 1. The van der Waals surface area contributed by atoms with Gasteiger partial charge in [0.2, 0.25) is 0 Å². The predicted octanol–water partition coefficient (Wildman–Crippen LogP) is 1.94. The van der Waals surface area contributed by atoms with Crippen molar-refractivity contribution in [2.75, 3.05) is 5.32 Å². The van der Waals surface area contributed by atoms with Crippen LogP contribution < -0.4 is 5.32 Å². The van der Waals surface area contributed by atoms with E-state index in [1.54, 1.807) is 12.1 Å². The molecule has 1 aromatic rings. The normalized spacial score (nSPS) is 14.5. The van der Waals surface area contributed by atoms with Crippen LogP contribution in [0.2, 0.25) is 0 Å². The largest absolute Gasteiger partial charge is 0.318 e. The first-order valence-electron chi connectivity index (χ1n) is 4.59. The lowest BCUT2D eigenvalue weighted by atomic mass is 9.99. The van der Waals surface area contributed by atoms with E-state index in [0.29, 0.717) is 17.2 Å². The average Bonchev–Trinajstić information content (AvgIpc) is 2.43. The van der Waals surface area contributed by atoms with E-state index in [-0.39, 0.29) is 0 Å². The number of hydrogen-bond donors (Lipinski definition) is 1. The highest BCUT2D eigenvalue weighted by Crippen LogP contribution is 2.26. The van der Waals surface area contributed by atoms with E-state index in [9.17, 15) is 9.59 Å². The second-order valence-corrected chi connectivity index (χ2v) is 3.74. The molecular weight excluding hydrogens is 178 g/mol. The fourth-order valence-electron chi connectivity index (χ4n) is 1.52. The minimum Gasteiger partial charge on any atom is -0.318 e. The number of benzene rings is 1. The third kappa shape index (κ3) is 1.21. The molecule has 0 aliphatic carbocycles. The molecule has 72 valence electrons. The fourth-order valence-corrected chi connectivity index (χ4v) is 1.52. The van der Waals surface area contributed by atoms with Crippen molar-refractivity contribution in [3.8, 4) is 0 Å². The lowest BCUT2D eigenvalue weighted by Crippen LogP contribution is -2.12. The standard InChI is InChI=1S/C11H11NO2/c1-6(2)7-3-4-9-8(5-7)10(13)11(14)12-9/h3-6H,1-2H3,(H,12,13,14). The van der Waals surface area contributed by atoms with Crippen LogP contribution in [0.25, 0.3) is 0 Å². The van der Waals surface area contributed by atoms with Crippen LogP contribution in [-0.4, -0.2) is 11.7 Å². The Morgan fingerprint density at radius 2 is 1.93 bits per heavy atom. The average molecular weight is 189 g/mol. The minimum absolute atomic E-state index is 0.365. The van der Waals surface area contributed by atoms with Gasteiger partial charge in [0.15, 0.2) is 0 Å². The van der Waals surface area contributed by atoms with E-state index in [1.807, 2.05) is 6.07 Å². The number of fused-ring (bicyclic) bond motifs is 1. The smallest absolute Gasteiger partial charge is 0.296 e. The fraction of sp³-hybridized carbons (Fsp3) is 0.273. The molecule has 14 heavy (non-hydrogen) atoms. The molecule has 0 saturated heterocycles. The van der Waals surface area contributed by atoms with E-state index in [1.165, 1.54) is 0 Å². The Hall–Kier alpha value is -1.64. The van der Waals surface area contributed by atoms with Crippen LogP contribution in [0.5, 0.6) is 0 Å². The van der Waals surface area contributed by atoms with Crippen molar-refractivity contribution in [3.63, 3.8) is 0 Å². The molecule has 0 spiro atoms. The zero-order valence-corrected chi connectivity index (χ0v) is 8.13. The van der Waals surface area contributed by atoms with Gasteiger partial charge in [-0.05, 0) is 23.6 Å². The molecule has 0 saturated carbocycles. The summed E-state index contributed by atoms with van der Waals surface area (Å²) in [4.78, 5) is 22.4. The van der Waals surface area contributed by atoms with Gasteiger partial charge < -0.3 is 5.32 Å². The van der Waals surface area contributed by atoms with Gasteiger partial charge in [0.25, 0.3) is 11.7 Å². The molecule has 2 rings (SSSR count). The second kappa shape index (κ2) is 2.94. The molecule has 0 unspecified atom stereocenters. The van der Waals surface area contributed by atoms with Crippen LogP contribution in [0.15, 0.2) is 18.2 Å². The van der Waals surface area contributed by atoms with Crippen LogP contribution >= 0.6 is 0 Å². The summed E-state index contributed by atoms with van der Waals surface area (Å²) >= 11 is 0. The molecule has 1 aromatic carbocycles. The van der Waals surface area contributed by atoms with Crippen LogP contribution in [0.1, 0.15) is 35.7 Å². The highest BCUT2D eigenvalue weighted by Gasteiger charge is 2.27. The Bertz CT molecular complexity index is 421. The Morgan fingerprint density at radius 1 is 1.21 bits per heavy atom. The molecule has 3 nitrogen and oxygen atoms in total. The number of anilines is 1. The van der Waals surface area contributed by atoms with Crippen LogP contribution in [0.3, 0.4) is 0 Å². The zero-order chi connectivity index (χ0) is 10.3. The number of amides is 1. The molecule has 0 atom stereocenters.